The van der Waals surface area contributed by atoms with E-state index >= 15 is 0 Å². The number of fused-ring (bicyclic) bond motifs is 4. The maximum atomic E-state index is 13.9. The minimum atomic E-state index is -1.24. The largest absolute Gasteiger partial charge is 0.493 e. The van der Waals surface area contributed by atoms with E-state index in [-0.39, 0.29) is 48.3 Å². The highest BCUT2D eigenvalue weighted by molar-refractivity contribution is 6.06. The number of rotatable bonds is 16. The summed E-state index contributed by atoms with van der Waals surface area (Å²) in [7, 11) is 0. The lowest BCUT2D eigenvalue weighted by Crippen LogP contribution is -2.57. The van der Waals surface area contributed by atoms with Crippen molar-refractivity contribution in [2.75, 3.05) is 55.9 Å². The number of nitrogens with zero attached hydrogens (tertiary/aromatic N) is 4. The monoisotopic (exact) mass is 944 g/mol. The fourth-order valence-electron chi connectivity index (χ4n) is 9.31. The zero-order valence-electron chi connectivity index (χ0n) is 40.0. The quantitative estimate of drug-likeness (QED) is 0.126. The molecule has 3 fully saturated rings. The van der Waals surface area contributed by atoms with Crippen molar-refractivity contribution in [2.24, 2.45) is 0 Å². The summed E-state index contributed by atoms with van der Waals surface area (Å²) < 4.78 is 35.0. The number of carbonyl (C=O) groups excluding carboxylic acids is 6. The van der Waals surface area contributed by atoms with Crippen LogP contribution in [0.5, 0.6) is 11.5 Å². The second-order valence-corrected chi connectivity index (χ2v) is 17.9. The van der Waals surface area contributed by atoms with Gasteiger partial charge in [0.1, 0.15) is 36.3 Å². The average Bonchev–Trinajstić information content (AvgIpc) is 3.48. The van der Waals surface area contributed by atoms with Crippen LogP contribution in [0.1, 0.15) is 129 Å². The summed E-state index contributed by atoms with van der Waals surface area (Å²) in [6.07, 6.45) is 8.57. The van der Waals surface area contributed by atoms with Gasteiger partial charge in [0.25, 0.3) is 11.8 Å². The molecule has 2 aromatic carbocycles. The molecule has 17 nitrogen and oxygen atoms in total. The fraction of sp³-hybridized carbons (Fsp3) is 0.569. The number of amides is 4. The first-order valence-electron chi connectivity index (χ1n) is 24.0. The van der Waals surface area contributed by atoms with Gasteiger partial charge in [0.15, 0.2) is 18.7 Å². The molecular weight excluding hydrogens is 877 g/mol. The Balaban J connectivity index is 0.000000228. The SMILES string of the molecule is C=CCOC(=O)N1c2cc(OCCCC(C)=O)c(C)cc2C(=O)N2CCCC[C@H]2C1O.C=CCOC(=O)N1c2cc(OCCCC(C)=O)c(C)cc2C(=O)N2CCCC[C@H]2C1OC1CCCCO1. The van der Waals surface area contributed by atoms with Crippen LogP contribution >= 0.6 is 0 Å². The number of carbonyl (C=O) groups is 6. The molecule has 0 aromatic heterocycles. The molecule has 0 bridgehead atoms. The van der Waals surface area contributed by atoms with Gasteiger partial charge in [0.2, 0.25) is 0 Å². The van der Waals surface area contributed by atoms with Gasteiger partial charge in [-0.05, 0) is 122 Å². The Kier molecular flexibility index (Phi) is 18.6. The van der Waals surface area contributed by atoms with Gasteiger partial charge in [0, 0.05) is 44.7 Å². The Morgan fingerprint density at radius 3 is 1.68 bits per heavy atom. The molecule has 4 amide bonds. The minimum absolute atomic E-state index is 0.0139. The molecule has 5 aliphatic rings. The van der Waals surface area contributed by atoms with Gasteiger partial charge in [-0.25, -0.2) is 19.4 Å². The van der Waals surface area contributed by atoms with Crippen molar-refractivity contribution >= 4 is 46.9 Å². The Labute approximate surface area is 399 Å². The highest BCUT2D eigenvalue weighted by atomic mass is 16.7. The Bertz CT molecular complexity index is 2170. The van der Waals surface area contributed by atoms with Gasteiger partial charge >= 0.3 is 12.2 Å². The van der Waals surface area contributed by atoms with Crippen LogP contribution in [0.25, 0.3) is 0 Å². The number of aliphatic hydroxyl groups excluding tert-OH is 1. The highest BCUT2D eigenvalue weighted by Gasteiger charge is 2.47. The summed E-state index contributed by atoms with van der Waals surface area (Å²) in [4.78, 5) is 82.2. The van der Waals surface area contributed by atoms with E-state index < -0.39 is 37.0 Å². The van der Waals surface area contributed by atoms with Gasteiger partial charge < -0.3 is 52.9 Å². The van der Waals surface area contributed by atoms with E-state index in [2.05, 4.69) is 13.2 Å². The number of anilines is 2. The Hall–Kier alpha value is -5.78. The third kappa shape index (κ3) is 12.5. The van der Waals surface area contributed by atoms with E-state index in [9.17, 15) is 33.9 Å². The zero-order chi connectivity index (χ0) is 48.9. The second-order valence-electron chi connectivity index (χ2n) is 17.9. The van der Waals surface area contributed by atoms with Crippen LogP contribution in [0.15, 0.2) is 49.6 Å². The van der Waals surface area contributed by atoms with E-state index in [0.29, 0.717) is 99.7 Å². The maximum absolute atomic E-state index is 13.9. The summed E-state index contributed by atoms with van der Waals surface area (Å²) in [5.74, 6) is 0.870. The van der Waals surface area contributed by atoms with Gasteiger partial charge in [-0.2, -0.15) is 0 Å². The highest BCUT2D eigenvalue weighted by Crippen LogP contribution is 2.41. The van der Waals surface area contributed by atoms with E-state index in [1.165, 1.54) is 24.0 Å². The van der Waals surface area contributed by atoms with Crippen LogP contribution in [-0.2, 0) is 28.5 Å². The van der Waals surface area contributed by atoms with Crippen LogP contribution < -0.4 is 19.3 Å². The van der Waals surface area contributed by atoms with E-state index in [0.717, 1.165) is 61.0 Å². The lowest BCUT2D eigenvalue weighted by Gasteiger charge is -2.42. The first kappa shape index (κ1) is 51.6. The van der Waals surface area contributed by atoms with Crippen molar-refractivity contribution in [2.45, 2.75) is 142 Å². The Morgan fingerprint density at radius 2 is 1.18 bits per heavy atom. The fourth-order valence-corrected chi connectivity index (χ4v) is 9.31. The smallest absolute Gasteiger partial charge is 0.416 e. The van der Waals surface area contributed by atoms with Crippen LogP contribution in [0.3, 0.4) is 0 Å². The summed E-state index contributed by atoms with van der Waals surface area (Å²) in [6, 6.07) is 5.95. The van der Waals surface area contributed by atoms with Gasteiger partial charge in [-0.1, -0.05) is 25.3 Å². The summed E-state index contributed by atoms with van der Waals surface area (Å²) in [6.45, 7) is 16.4. The first-order chi connectivity index (χ1) is 32.7. The topological polar surface area (TPSA) is 191 Å². The third-order valence-corrected chi connectivity index (χ3v) is 12.7. The molecule has 5 atom stereocenters. The lowest BCUT2D eigenvalue weighted by atomic mass is 10.00. The van der Waals surface area contributed by atoms with Gasteiger partial charge in [-0.15, -0.1) is 0 Å². The molecule has 0 saturated carbocycles. The molecule has 0 aliphatic carbocycles. The number of aryl methyl sites for hydroxylation is 2. The summed E-state index contributed by atoms with van der Waals surface area (Å²) in [5, 5.41) is 11.1. The molecule has 2 aromatic rings. The number of aliphatic hydroxyl groups is 1. The number of ether oxygens (including phenoxy) is 6. The molecule has 17 heteroatoms. The molecule has 0 spiro atoms. The van der Waals surface area contributed by atoms with Crippen molar-refractivity contribution in [1.29, 1.82) is 0 Å². The molecule has 5 heterocycles. The number of Topliss-reactive ketones (excluding diaryl/α,β-unsaturated/α-hetero) is 2. The van der Waals surface area contributed by atoms with Crippen LogP contribution in [-0.4, -0.2) is 127 Å². The predicted molar refractivity (Wildman–Crippen MR) is 253 cm³/mol. The van der Waals surface area contributed by atoms with E-state index in [4.69, 9.17) is 28.4 Å². The number of ketones is 2. The number of piperidine rings is 2. The lowest BCUT2D eigenvalue weighted by molar-refractivity contribution is -0.198. The van der Waals surface area contributed by atoms with Crippen LogP contribution in [0.4, 0.5) is 21.0 Å². The summed E-state index contributed by atoms with van der Waals surface area (Å²) >= 11 is 0. The van der Waals surface area contributed by atoms with Crippen molar-refractivity contribution in [3.63, 3.8) is 0 Å². The molecule has 3 saturated heterocycles. The first-order valence-corrected chi connectivity index (χ1v) is 24.0. The molecule has 3 unspecified atom stereocenters. The van der Waals surface area contributed by atoms with Crippen molar-refractivity contribution < 1.29 is 62.3 Å². The number of benzene rings is 2. The minimum Gasteiger partial charge on any atom is -0.493 e. The Morgan fingerprint density at radius 1 is 0.691 bits per heavy atom. The van der Waals surface area contributed by atoms with Gasteiger partial charge in [-0.3, -0.25) is 9.59 Å². The van der Waals surface area contributed by atoms with Crippen molar-refractivity contribution in [3.8, 4) is 11.5 Å². The zero-order valence-corrected chi connectivity index (χ0v) is 40.0. The van der Waals surface area contributed by atoms with E-state index in [1.807, 2.05) is 18.7 Å². The maximum Gasteiger partial charge on any atom is 0.416 e. The summed E-state index contributed by atoms with van der Waals surface area (Å²) in [5.41, 5.74) is 2.89. The molecule has 7 rings (SSSR count). The average molecular weight is 945 g/mol. The molecule has 0 radical (unpaired) electrons. The van der Waals surface area contributed by atoms with Crippen molar-refractivity contribution in [3.05, 3.63) is 71.8 Å². The van der Waals surface area contributed by atoms with Gasteiger partial charge in [0.05, 0.1) is 47.8 Å². The normalized spacial score (nSPS) is 22.1. The second kappa shape index (κ2) is 24.5. The van der Waals surface area contributed by atoms with Crippen molar-refractivity contribution in [1.82, 2.24) is 9.80 Å². The third-order valence-electron chi connectivity index (χ3n) is 12.7. The number of hydrogen-bond donors (Lipinski definition) is 1. The predicted octanol–water partition coefficient (Wildman–Crippen LogP) is 7.95. The van der Waals surface area contributed by atoms with Crippen LogP contribution in [0.2, 0.25) is 0 Å². The van der Waals surface area contributed by atoms with E-state index in [1.54, 1.807) is 36.1 Å². The molecule has 5 aliphatic heterocycles. The standard InChI is InChI=1S/C28H38N2O7.C23H30N2O6/c1-4-14-36-28(33)30-23-18-24(34-16-9-10-20(3)31)19(2)17-21(23)26(32)29-13-7-5-11-22(29)27(30)37-25-12-6-8-15-35-25;1-4-11-31-23(29)25-19-14-20(30-12-7-8-16(3)26)15(2)13-17(19)21(27)24-10-6-5-9-18(24)22(25)28/h4,17-18,22,25,27H,1,5-16H2,2-3H3;4,13-14,18,22,28H,1,5-12H2,2-3H3/t22-,25?,27?;18-,22?/m00/s1. The number of hydrogen-bond acceptors (Lipinski definition) is 13. The molecule has 370 valence electrons. The molecule has 68 heavy (non-hydrogen) atoms. The molecular formula is C51H68N4O13. The van der Waals surface area contributed by atoms with Crippen LogP contribution in [0, 0.1) is 13.8 Å². The molecule has 1 N–H and O–H groups in total.